The zero-order valence-electron chi connectivity index (χ0n) is 6.20. The Hall–Kier alpha value is -0.290. The standard InChI is InChI=1S/C5H9ClO4S/c1-10-5(7)4(6)3-11(2,8)9/h4H,3H2,1-2H3. The van der Waals surface area contributed by atoms with Crippen LogP contribution in [0.3, 0.4) is 0 Å². The van der Waals surface area contributed by atoms with Gasteiger partial charge in [-0.3, -0.25) is 4.79 Å². The molecule has 0 aromatic carbocycles. The van der Waals surface area contributed by atoms with Crippen LogP contribution in [0, 0.1) is 0 Å². The highest BCUT2D eigenvalue weighted by Gasteiger charge is 2.20. The van der Waals surface area contributed by atoms with E-state index in [1.807, 2.05) is 0 Å². The SMILES string of the molecule is COC(=O)C(Cl)CS(C)(=O)=O. The molecule has 66 valence electrons. The smallest absolute Gasteiger partial charge is 0.324 e. The average molecular weight is 201 g/mol. The van der Waals surface area contributed by atoms with Gasteiger partial charge in [-0.2, -0.15) is 0 Å². The summed E-state index contributed by atoms with van der Waals surface area (Å²) in [6.07, 6.45) is 1.01. The number of sulfone groups is 1. The second-order valence-electron chi connectivity index (χ2n) is 2.08. The number of carbonyl (C=O) groups is 1. The fourth-order valence-electron chi connectivity index (χ4n) is 0.462. The van der Waals surface area contributed by atoms with Crippen molar-refractivity contribution in [2.45, 2.75) is 5.38 Å². The lowest BCUT2D eigenvalue weighted by Crippen LogP contribution is -2.24. The number of carbonyl (C=O) groups excluding carboxylic acids is 1. The van der Waals surface area contributed by atoms with Crippen LogP contribution in [0.25, 0.3) is 0 Å². The van der Waals surface area contributed by atoms with Crippen molar-refractivity contribution in [1.29, 1.82) is 0 Å². The number of alkyl halides is 1. The van der Waals surface area contributed by atoms with E-state index in [0.29, 0.717) is 0 Å². The highest BCUT2D eigenvalue weighted by molar-refractivity contribution is 7.90. The van der Waals surface area contributed by atoms with Crippen molar-refractivity contribution in [3.05, 3.63) is 0 Å². The lowest BCUT2D eigenvalue weighted by atomic mass is 10.5. The molecule has 0 aromatic rings. The average Bonchev–Trinajstić information content (AvgIpc) is 1.82. The maximum atomic E-state index is 10.6. The van der Waals surface area contributed by atoms with Crippen molar-refractivity contribution in [1.82, 2.24) is 0 Å². The number of rotatable bonds is 3. The summed E-state index contributed by atoms with van der Waals surface area (Å²) < 4.78 is 25.4. The molecular weight excluding hydrogens is 192 g/mol. The number of esters is 1. The maximum Gasteiger partial charge on any atom is 0.324 e. The molecule has 0 bridgehead atoms. The van der Waals surface area contributed by atoms with E-state index in [9.17, 15) is 13.2 Å². The minimum atomic E-state index is -3.21. The topological polar surface area (TPSA) is 60.4 Å². The predicted molar refractivity (Wildman–Crippen MR) is 41.4 cm³/mol. The van der Waals surface area contributed by atoms with Crippen LogP contribution in [0.4, 0.5) is 0 Å². The molecule has 0 saturated heterocycles. The Morgan fingerprint density at radius 3 is 2.36 bits per heavy atom. The summed E-state index contributed by atoms with van der Waals surface area (Å²) >= 11 is 5.36. The molecule has 0 aliphatic carbocycles. The Balaban J connectivity index is 4.09. The molecule has 0 amide bonds. The molecule has 6 heteroatoms. The zero-order valence-corrected chi connectivity index (χ0v) is 7.78. The second-order valence-corrected chi connectivity index (χ2v) is 4.79. The largest absolute Gasteiger partial charge is 0.468 e. The van der Waals surface area contributed by atoms with Crippen LogP contribution in [-0.4, -0.2) is 38.9 Å². The Morgan fingerprint density at radius 2 is 2.09 bits per heavy atom. The van der Waals surface area contributed by atoms with Gasteiger partial charge in [0.25, 0.3) is 0 Å². The normalized spacial score (nSPS) is 14.1. The Kier molecular flexibility index (Phi) is 3.82. The Labute approximate surface area is 70.4 Å². The number of hydrogen-bond acceptors (Lipinski definition) is 4. The van der Waals surface area contributed by atoms with Crippen LogP contribution >= 0.6 is 11.6 Å². The third-order valence-corrected chi connectivity index (χ3v) is 2.36. The van der Waals surface area contributed by atoms with Gasteiger partial charge in [-0.25, -0.2) is 8.42 Å². The van der Waals surface area contributed by atoms with Gasteiger partial charge in [0, 0.05) is 6.26 Å². The van der Waals surface area contributed by atoms with Crippen LogP contribution in [0.15, 0.2) is 0 Å². The summed E-state index contributed by atoms with van der Waals surface area (Å²) in [5, 5.41) is -1.10. The minimum Gasteiger partial charge on any atom is -0.468 e. The minimum absolute atomic E-state index is 0.388. The van der Waals surface area contributed by atoms with E-state index in [0.717, 1.165) is 13.4 Å². The lowest BCUT2D eigenvalue weighted by Gasteiger charge is -2.03. The molecule has 0 aromatic heterocycles. The molecule has 1 atom stereocenters. The van der Waals surface area contributed by atoms with Gasteiger partial charge in [-0.1, -0.05) is 0 Å². The fraction of sp³-hybridized carbons (Fsp3) is 0.800. The van der Waals surface area contributed by atoms with Gasteiger partial charge in [0.2, 0.25) is 0 Å². The number of hydrogen-bond donors (Lipinski definition) is 0. The molecule has 0 aliphatic heterocycles. The zero-order chi connectivity index (χ0) is 9.07. The number of halogens is 1. The summed E-state index contributed by atoms with van der Waals surface area (Å²) in [7, 11) is -2.06. The molecule has 11 heavy (non-hydrogen) atoms. The van der Waals surface area contributed by atoms with Crippen LogP contribution in [-0.2, 0) is 19.4 Å². The molecule has 0 radical (unpaired) electrons. The highest BCUT2D eigenvalue weighted by Crippen LogP contribution is 2.01. The molecule has 4 nitrogen and oxygen atoms in total. The summed E-state index contributed by atoms with van der Waals surface area (Å²) in [5.41, 5.74) is 0. The van der Waals surface area contributed by atoms with Gasteiger partial charge < -0.3 is 4.74 Å². The first-order valence-corrected chi connectivity index (χ1v) is 5.26. The van der Waals surface area contributed by atoms with E-state index < -0.39 is 21.2 Å². The van der Waals surface area contributed by atoms with E-state index in [1.165, 1.54) is 0 Å². The molecular formula is C5H9ClO4S. The van der Waals surface area contributed by atoms with Crippen molar-refractivity contribution >= 4 is 27.4 Å². The first-order valence-electron chi connectivity index (χ1n) is 2.76. The predicted octanol–water partition coefficient (Wildman–Crippen LogP) is -0.189. The van der Waals surface area contributed by atoms with Crippen molar-refractivity contribution in [3.8, 4) is 0 Å². The van der Waals surface area contributed by atoms with Crippen LogP contribution in [0.5, 0.6) is 0 Å². The van der Waals surface area contributed by atoms with E-state index in [1.54, 1.807) is 0 Å². The highest BCUT2D eigenvalue weighted by atomic mass is 35.5. The van der Waals surface area contributed by atoms with Gasteiger partial charge in [0.1, 0.15) is 15.2 Å². The van der Waals surface area contributed by atoms with Gasteiger partial charge in [-0.15, -0.1) is 11.6 Å². The van der Waals surface area contributed by atoms with Crippen molar-refractivity contribution in [2.75, 3.05) is 19.1 Å². The van der Waals surface area contributed by atoms with Gasteiger partial charge in [0.15, 0.2) is 0 Å². The van der Waals surface area contributed by atoms with Gasteiger partial charge in [-0.05, 0) is 0 Å². The van der Waals surface area contributed by atoms with Crippen molar-refractivity contribution in [2.24, 2.45) is 0 Å². The third-order valence-electron chi connectivity index (χ3n) is 0.906. The van der Waals surface area contributed by atoms with Crippen molar-refractivity contribution < 1.29 is 17.9 Å². The summed E-state index contributed by atoms with van der Waals surface area (Å²) in [6.45, 7) is 0. The summed E-state index contributed by atoms with van der Waals surface area (Å²) in [6, 6.07) is 0. The first-order chi connectivity index (χ1) is 4.87. The second kappa shape index (κ2) is 3.92. The molecule has 0 saturated carbocycles. The Morgan fingerprint density at radius 1 is 1.64 bits per heavy atom. The first kappa shape index (κ1) is 10.7. The van der Waals surface area contributed by atoms with E-state index in [4.69, 9.17) is 11.6 Å². The van der Waals surface area contributed by atoms with Gasteiger partial charge in [0.05, 0.1) is 12.9 Å². The summed E-state index contributed by atoms with van der Waals surface area (Å²) in [4.78, 5) is 10.6. The lowest BCUT2D eigenvalue weighted by molar-refractivity contribution is -0.139. The van der Waals surface area contributed by atoms with E-state index in [-0.39, 0.29) is 5.75 Å². The van der Waals surface area contributed by atoms with Crippen LogP contribution in [0.2, 0.25) is 0 Å². The third kappa shape index (κ3) is 5.03. The number of ether oxygens (including phenoxy) is 1. The monoisotopic (exact) mass is 200 g/mol. The van der Waals surface area contributed by atoms with E-state index >= 15 is 0 Å². The fourth-order valence-corrected chi connectivity index (χ4v) is 1.91. The summed E-state index contributed by atoms with van der Waals surface area (Å²) in [5.74, 6) is -1.11. The molecule has 0 aliphatic rings. The molecule has 0 heterocycles. The molecule has 0 spiro atoms. The molecule has 0 fully saturated rings. The molecule has 0 rings (SSSR count). The van der Waals surface area contributed by atoms with Crippen LogP contribution in [0.1, 0.15) is 0 Å². The van der Waals surface area contributed by atoms with Gasteiger partial charge >= 0.3 is 5.97 Å². The molecule has 1 unspecified atom stereocenters. The van der Waals surface area contributed by atoms with E-state index in [2.05, 4.69) is 4.74 Å². The quantitative estimate of drug-likeness (QED) is 0.468. The number of methoxy groups -OCH3 is 1. The van der Waals surface area contributed by atoms with Crippen molar-refractivity contribution in [3.63, 3.8) is 0 Å². The Bertz CT molecular complexity index is 233. The molecule has 0 N–H and O–H groups in total. The van der Waals surface area contributed by atoms with Crippen LogP contribution < -0.4 is 0 Å². The maximum absolute atomic E-state index is 10.6.